The average Bonchev–Trinajstić information content (AvgIpc) is 2.94. The van der Waals surface area contributed by atoms with Crippen LogP contribution >= 0.6 is 0 Å². The number of nitrogens with zero attached hydrogens (tertiary/aromatic N) is 4. The summed E-state index contributed by atoms with van der Waals surface area (Å²) >= 11 is 0. The number of carbonyl (C=O) groups excluding carboxylic acids is 2. The van der Waals surface area contributed by atoms with E-state index in [1.165, 1.54) is 7.11 Å². The largest absolute Gasteiger partial charge is 0.464 e. The van der Waals surface area contributed by atoms with Gasteiger partial charge in [-0.2, -0.15) is 0 Å². The van der Waals surface area contributed by atoms with E-state index in [0.717, 1.165) is 12.8 Å². The molecule has 1 unspecified atom stereocenters. The molecule has 0 bridgehead atoms. The van der Waals surface area contributed by atoms with E-state index in [4.69, 9.17) is 4.74 Å². The van der Waals surface area contributed by atoms with Crippen molar-refractivity contribution >= 4 is 12.1 Å². The van der Waals surface area contributed by atoms with Gasteiger partial charge >= 0.3 is 12.1 Å². The first-order chi connectivity index (χ1) is 10.3. The fourth-order valence-electron chi connectivity index (χ4n) is 2.32. The Morgan fingerprint density at radius 2 is 2.09 bits per heavy atom. The van der Waals surface area contributed by atoms with Gasteiger partial charge in [0.25, 0.3) is 0 Å². The number of piperidine rings is 1. The second kappa shape index (κ2) is 6.33. The van der Waals surface area contributed by atoms with Crippen LogP contribution < -0.4 is 0 Å². The molecule has 122 valence electrons. The minimum absolute atomic E-state index is 0.0211. The molecule has 1 fully saturated rings. The fourth-order valence-corrected chi connectivity index (χ4v) is 2.32. The number of hydrogen-bond donors (Lipinski definition) is 0. The molecule has 1 aliphatic rings. The van der Waals surface area contributed by atoms with Gasteiger partial charge in [-0.15, -0.1) is 5.10 Å². The second-order valence-electron chi connectivity index (χ2n) is 6.30. The number of amides is 1. The Morgan fingerprint density at radius 3 is 2.73 bits per heavy atom. The van der Waals surface area contributed by atoms with Crippen LogP contribution in [0.4, 0.5) is 4.79 Å². The molecular formula is C14H22N4O4. The lowest BCUT2D eigenvalue weighted by Crippen LogP contribution is -2.43. The van der Waals surface area contributed by atoms with Gasteiger partial charge in [0.2, 0.25) is 0 Å². The molecule has 2 rings (SSSR count). The van der Waals surface area contributed by atoms with E-state index < -0.39 is 11.6 Å². The van der Waals surface area contributed by atoms with Gasteiger partial charge < -0.3 is 14.4 Å². The zero-order chi connectivity index (χ0) is 16.3. The lowest BCUT2D eigenvalue weighted by atomic mass is 10.1. The van der Waals surface area contributed by atoms with Crippen molar-refractivity contribution in [2.75, 3.05) is 20.2 Å². The Hall–Kier alpha value is -2.12. The molecule has 0 aromatic carbocycles. The third-order valence-electron chi connectivity index (χ3n) is 3.33. The number of carbonyl (C=O) groups is 2. The first-order valence-corrected chi connectivity index (χ1v) is 7.28. The summed E-state index contributed by atoms with van der Waals surface area (Å²) in [4.78, 5) is 25.2. The summed E-state index contributed by atoms with van der Waals surface area (Å²) in [5, 5.41) is 7.76. The van der Waals surface area contributed by atoms with Crippen LogP contribution in [0.3, 0.4) is 0 Å². The van der Waals surface area contributed by atoms with Crippen molar-refractivity contribution in [2.24, 2.45) is 0 Å². The zero-order valence-electron chi connectivity index (χ0n) is 13.4. The molecule has 0 N–H and O–H groups in total. The molecule has 0 aliphatic carbocycles. The molecule has 1 aromatic rings. The van der Waals surface area contributed by atoms with Crippen LogP contribution in [0.2, 0.25) is 0 Å². The van der Waals surface area contributed by atoms with Gasteiger partial charge in [0.15, 0.2) is 5.69 Å². The molecule has 2 heterocycles. The maximum Gasteiger partial charge on any atom is 0.410 e. The van der Waals surface area contributed by atoms with Crippen molar-refractivity contribution in [1.82, 2.24) is 19.9 Å². The Bertz CT molecular complexity index is 549. The Balaban J connectivity index is 2.03. The van der Waals surface area contributed by atoms with Gasteiger partial charge in [0, 0.05) is 13.1 Å². The van der Waals surface area contributed by atoms with Gasteiger partial charge in [-0.25, -0.2) is 14.3 Å². The lowest BCUT2D eigenvalue weighted by Gasteiger charge is -2.33. The minimum atomic E-state index is -0.522. The maximum absolute atomic E-state index is 12.1. The van der Waals surface area contributed by atoms with Gasteiger partial charge in [-0.05, 0) is 33.6 Å². The van der Waals surface area contributed by atoms with Gasteiger partial charge in [-0.3, -0.25) is 0 Å². The van der Waals surface area contributed by atoms with E-state index in [2.05, 4.69) is 15.0 Å². The normalized spacial score (nSPS) is 18.9. The van der Waals surface area contributed by atoms with E-state index in [9.17, 15) is 9.59 Å². The summed E-state index contributed by atoms with van der Waals surface area (Å²) in [6.45, 7) is 6.66. The highest BCUT2D eigenvalue weighted by Gasteiger charge is 2.29. The third kappa shape index (κ3) is 3.96. The molecule has 1 saturated heterocycles. The van der Waals surface area contributed by atoms with Crippen LogP contribution in [0.15, 0.2) is 6.20 Å². The molecular weight excluding hydrogens is 288 g/mol. The monoisotopic (exact) mass is 310 g/mol. The number of aromatic nitrogens is 3. The molecule has 0 spiro atoms. The summed E-state index contributed by atoms with van der Waals surface area (Å²) in [5.41, 5.74) is -0.355. The second-order valence-corrected chi connectivity index (χ2v) is 6.30. The number of likely N-dealkylation sites (tertiary alicyclic amines) is 1. The average molecular weight is 310 g/mol. The highest BCUT2D eigenvalue weighted by Crippen LogP contribution is 2.22. The SMILES string of the molecule is COC(=O)c1cn(C2CCCN(C(=O)OC(C)(C)C)C2)nn1. The predicted octanol–water partition coefficient (Wildman–Crippen LogP) is 1.64. The van der Waals surface area contributed by atoms with E-state index >= 15 is 0 Å². The fraction of sp³-hybridized carbons (Fsp3) is 0.714. The number of hydrogen-bond acceptors (Lipinski definition) is 6. The Kier molecular flexibility index (Phi) is 4.68. The van der Waals surface area contributed by atoms with Gasteiger partial charge in [-0.1, -0.05) is 5.21 Å². The first-order valence-electron chi connectivity index (χ1n) is 7.28. The molecule has 1 aromatic heterocycles. The minimum Gasteiger partial charge on any atom is -0.464 e. The standard InChI is InChI=1S/C14H22N4O4/c1-14(2,3)22-13(20)17-7-5-6-10(8-17)18-9-11(15-16-18)12(19)21-4/h9-10H,5-8H2,1-4H3. The van der Waals surface area contributed by atoms with Crippen molar-refractivity contribution in [3.8, 4) is 0 Å². The van der Waals surface area contributed by atoms with Crippen molar-refractivity contribution < 1.29 is 19.1 Å². The van der Waals surface area contributed by atoms with Crippen molar-refractivity contribution in [2.45, 2.75) is 45.3 Å². The van der Waals surface area contributed by atoms with E-state index in [1.807, 2.05) is 20.8 Å². The zero-order valence-corrected chi connectivity index (χ0v) is 13.4. The van der Waals surface area contributed by atoms with Crippen molar-refractivity contribution in [3.05, 3.63) is 11.9 Å². The summed E-state index contributed by atoms with van der Waals surface area (Å²) in [6.07, 6.45) is 2.93. The van der Waals surface area contributed by atoms with Gasteiger partial charge in [0.1, 0.15) is 5.60 Å². The van der Waals surface area contributed by atoms with E-state index in [1.54, 1.807) is 15.8 Å². The molecule has 1 amide bonds. The summed E-state index contributed by atoms with van der Waals surface area (Å²) in [6, 6.07) is -0.0211. The van der Waals surface area contributed by atoms with E-state index in [-0.39, 0.29) is 17.8 Å². The number of methoxy groups -OCH3 is 1. The van der Waals surface area contributed by atoms with Crippen LogP contribution in [-0.4, -0.2) is 57.8 Å². The predicted molar refractivity (Wildman–Crippen MR) is 77.4 cm³/mol. The topological polar surface area (TPSA) is 86.5 Å². The molecule has 22 heavy (non-hydrogen) atoms. The quantitative estimate of drug-likeness (QED) is 0.772. The summed E-state index contributed by atoms with van der Waals surface area (Å²) in [7, 11) is 1.30. The first kappa shape index (κ1) is 16.3. The van der Waals surface area contributed by atoms with Crippen LogP contribution in [0.5, 0.6) is 0 Å². The number of ether oxygens (including phenoxy) is 2. The molecule has 0 saturated carbocycles. The third-order valence-corrected chi connectivity index (χ3v) is 3.33. The van der Waals surface area contributed by atoms with Crippen LogP contribution in [0, 0.1) is 0 Å². The Morgan fingerprint density at radius 1 is 1.36 bits per heavy atom. The lowest BCUT2D eigenvalue weighted by molar-refractivity contribution is 0.0166. The molecule has 0 radical (unpaired) electrons. The molecule has 8 heteroatoms. The van der Waals surface area contributed by atoms with Crippen LogP contribution in [0.1, 0.15) is 50.1 Å². The van der Waals surface area contributed by atoms with Crippen molar-refractivity contribution in [1.29, 1.82) is 0 Å². The van der Waals surface area contributed by atoms with Crippen LogP contribution in [0.25, 0.3) is 0 Å². The smallest absolute Gasteiger partial charge is 0.410 e. The maximum atomic E-state index is 12.1. The highest BCUT2D eigenvalue weighted by atomic mass is 16.6. The summed E-state index contributed by atoms with van der Waals surface area (Å²) in [5.74, 6) is -0.522. The van der Waals surface area contributed by atoms with Crippen molar-refractivity contribution in [3.63, 3.8) is 0 Å². The Labute approximate surface area is 129 Å². The molecule has 1 atom stereocenters. The number of rotatable bonds is 2. The van der Waals surface area contributed by atoms with E-state index in [0.29, 0.717) is 13.1 Å². The number of esters is 1. The molecule has 1 aliphatic heterocycles. The van der Waals surface area contributed by atoms with Crippen LogP contribution in [-0.2, 0) is 9.47 Å². The summed E-state index contributed by atoms with van der Waals surface area (Å²) < 4.78 is 11.6. The molecule has 8 nitrogen and oxygen atoms in total. The van der Waals surface area contributed by atoms with Gasteiger partial charge in [0.05, 0.1) is 19.3 Å². The highest BCUT2D eigenvalue weighted by molar-refractivity contribution is 5.86.